The molecule has 1 N–H and O–H groups in total. The molecule has 0 saturated carbocycles. The minimum Gasteiger partial charge on any atom is -0.462 e. The summed E-state index contributed by atoms with van der Waals surface area (Å²) >= 11 is 6.06. The fraction of sp³-hybridized carbons (Fsp3) is 0.100. The van der Waals surface area contributed by atoms with Gasteiger partial charge in [0.05, 0.1) is 17.2 Å². The van der Waals surface area contributed by atoms with E-state index in [-0.39, 0.29) is 28.3 Å². The Balaban J connectivity index is 1.93. The second-order valence-electron chi connectivity index (χ2n) is 5.67. The van der Waals surface area contributed by atoms with Gasteiger partial charge in [0.2, 0.25) is 0 Å². The maximum absolute atomic E-state index is 12.0. The molecule has 1 aliphatic rings. The van der Waals surface area contributed by atoms with Gasteiger partial charge in [0.15, 0.2) is 0 Å². The Morgan fingerprint density at radius 2 is 2.07 bits per heavy atom. The van der Waals surface area contributed by atoms with E-state index in [0.29, 0.717) is 17.1 Å². The van der Waals surface area contributed by atoms with Crippen LogP contribution in [-0.4, -0.2) is 24.4 Å². The van der Waals surface area contributed by atoms with E-state index in [1.807, 2.05) is 0 Å². The Labute approximate surface area is 164 Å². The molecule has 2 heterocycles. The molecule has 8 heteroatoms. The molecule has 3 rings (SSSR count). The van der Waals surface area contributed by atoms with Gasteiger partial charge >= 0.3 is 5.97 Å². The minimum atomic E-state index is -0.738. The Kier molecular flexibility index (Phi) is 5.43. The number of benzene rings is 1. The van der Waals surface area contributed by atoms with Gasteiger partial charge in [0.25, 0.3) is 11.8 Å². The third-order valence-corrected chi connectivity index (χ3v) is 4.15. The monoisotopic (exact) mass is 396 g/mol. The molecule has 0 radical (unpaired) electrons. The van der Waals surface area contributed by atoms with Crippen molar-refractivity contribution in [3.05, 3.63) is 63.9 Å². The van der Waals surface area contributed by atoms with E-state index in [1.54, 1.807) is 43.3 Å². The zero-order valence-corrected chi connectivity index (χ0v) is 15.4. The maximum Gasteiger partial charge on any atom is 0.339 e. The molecule has 1 aromatic carbocycles. The molecule has 140 valence electrons. The van der Waals surface area contributed by atoms with Crippen LogP contribution in [0.3, 0.4) is 0 Å². The summed E-state index contributed by atoms with van der Waals surface area (Å²) in [7, 11) is 0. The number of nitrogens with one attached hydrogen (secondary N) is 1. The quantitative estimate of drug-likeness (QED) is 0.482. The van der Waals surface area contributed by atoms with Gasteiger partial charge in [-0.25, -0.2) is 4.79 Å². The number of hydrogen-bond acceptors (Lipinski definition) is 6. The van der Waals surface area contributed by atoms with E-state index in [9.17, 15) is 14.4 Å². The highest BCUT2D eigenvalue weighted by molar-refractivity contribution is 6.33. The van der Waals surface area contributed by atoms with Gasteiger partial charge in [-0.2, -0.15) is 5.26 Å². The molecule has 0 aliphatic carbocycles. The minimum absolute atomic E-state index is 0.111. The van der Waals surface area contributed by atoms with Gasteiger partial charge in [-0.3, -0.25) is 14.9 Å². The molecule has 1 aromatic heterocycles. The molecule has 0 saturated heterocycles. The summed E-state index contributed by atoms with van der Waals surface area (Å²) in [6, 6.07) is 9.79. The largest absolute Gasteiger partial charge is 0.462 e. The number of halogens is 1. The number of esters is 1. The lowest BCUT2D eigenvalue weighted by molar-refractivity contribution is -0.126. The molecular weight excluding hydrogens is 384 g/mol. The fourth-order valence-electron chi connectivity index (χ4n) is 2.50. The van der Waals surface area contributed by atoms with Crippen molar-refractivity contribution < 1.29 is 23.5 Å². The summed E-state index contributed by atoms with van der Waals surface area (Å²) in [6.07, 6.45) is 2.61. The zero-order valence-electron chi connectivity index (χ0n) is 14.6. The van der Waals surface area contributed by atoms with Crippen molar-refractivity contribution in [1.82, 2.24) is 5.32 Å². The first kappa shape index (κ1) is 19.1. The highest BCUT2D eigenvalue weighted by atomic mass is 35.5. The second kappa shape index (κ2) is 7.94. The van der Waals surface area contributed by atoms with Crippen LogP contribution in [0.15, 0.2) is 52.0 Å². The van der Waals surface area contributed by atoms with Crippen LogP contribution in [0.2, 0.25) is 5.02 Å². The van der Waals surface area contributed by atoms with E-state index in [4.69, 9.17) is 26.0 Å². The summed E-state index contributed by atoms with van der Waals surface area (Å²) in [4.78, 5) is 35.4. The molecule has 1 aliphatic heterocycles. The molecule has 0 unspecified atom stereocenters. The van der Waals surface area contributed by atoms with Gasteiger partial charge in [-0.15, -0.1) is 0 Å². The summed E-state index contributed by atoms with van der Waals surface area (Å²) in [5.41, 5.74) is 0.743. The molecule has 2 amide bonds. The first-order valence-electron chi connectivity index (χ1n) is 8.19. The van der Waals surface area contributed by atoms with Gasteiger partial charge in [0, 0.05) is 11.1 Å². The Morgan fingerprint density at radius 3 is 2.79 bits per heavy atom. The van der Waals surface area contributed by atoms with E-state index in [2.05, 4.69) is 5.32 Å². The Bertz CT molecular complexity index is 1090. The average Bonchev–Trinajstić information content (AvgIpc) is 3.13. The Morgan fingerprint density at radius 1 is 1.29 bits per heavy atom. The number of nitrogens with zero attached hydrogens (tertiary/aromatic N) is 1. The molecule has 7 nitrogen and oxygen atoms in total. The summed E-state index contributed by atoms with van der Waals surface area (Å²) in [6.45, 7) is 1.92. The second-order valence-corrected chi connectivity index (χ2v) is 6.08. The van der Waals surface area contributed by atoms with Gasteiger partial charge in [-0.1, -0.05) is 11.6 Å². The number of ether oxygens (including phenoxy) is 1. The smallest absolute Gasteiger partial charge is 0.339 e. The van der Waals surface area contributed by atoms with Crippen LogP contribution in [0.25, 0.3) is 17.4 Å². The number of hydrogen-bond donors (Lipinski definition) is 1. The molecule has 2 aromatic rings. The van der Waals surface area contributed by atoms with Gasteiger partial charge in [-0.05, 0) is 49.4 Å². The topological polar surface area (TPSA) is 109 Å². The van der Waals surface area contributed by atoms with Crippen molar-refractivity contribution in [2.24, 2.45) is 0 Å². The number of carbonyl (C=O) groups excluding carboxylic acids is 3. The van der Waals surface area contributed by atoms with Crippen molar-refractivity contribution in [1.29, 1.82) is 5.26 Å². The van der Waals surface area contributed by atoms with Crippen molar-refractivity contribution in [3.63, 3.8) is 0 Å². The first-order valence-corrected chi connectivity index (χ1v) is 8.56. The Hall–Kier alpha value is -3.63. The predicted octanol–water partition coefficient (Wildman–Crippen LogP) is 3.27. The van der Waals surface area contributed by atoms with Crippen LogP contribution in [0.1, 0.15) is 23.0 Å². The highest BCUT2D eigenvalue weighted by Crippen LogP contribution is 2.28. The highest BCUT2D eigenvalue weighted by Gasteiger charge is 2.22. The molecule has 0 bridgehead atoms. The SMILES string of the molecule is CCOC(=O)c1cc(-c2ccc(C=C3C=C(C#N)C(=O)NC3=O)o2)ccc1Cl. The number of nitriles is 1. The summed E-state index contributed by atoms with van der Waals surface area (Å²) in [5, 5.41) is 11.3. The lowest BCUT2D eigenvalue weighted by Gasteiger charge is -2.09. The molecule has 0 spiro atoms. The van der Waals surface area contributed by atoms with Crippen molar-refractivity contribution in [3.8, 4) is 17.4 Å². The number of imide groups is 1. The van der Waals surface area contributed by atoms with E-state index < -0.39 is 17.8 Å². The fourth-order valence-corrected chi connectivity index (χ4v) is 2.70. The van der Waals surface area contributed by atoms with Crippen LogP contribution in [-0.2, 0) is 14.3 Å². The van der Waals surface area contributed by atoms with Crippen LogP contribution in [0.4, 0.5) is 0 Å². The zero-order chi connectivity index (χ0) is 20.3. The summed E-state index contributed by atoms with van der Waals surface area (Å²) < 4.78 is 10.7. The number of carbonyl (C=O) groups is 3. The number of rotatable bonds is 4. The molecular formula is C20H13ClN2O5. The molecule has 0 atom stereocenters. The first-order chi connectivity index (χ1) is 13.4. The van der Waals surface area contributed by atoms with Crippen molar-refractivity contribution in [2.75, 3.05) is 6.61 Å². The maximum atomic E-state index is 12.0. The number of furan rings is 1. The van der Waals surface area contributed by atoms with Crippen molar-refractivity contribution in [2.45, 2.75) is 6.92 Å². The van der Waals surface area contributed by atoms with Gasteiger partial charge < -0.3 is 9.15 Å². The van der Waals surface area contributed by atoms with Crippen LogP contribution in [0.5, 0.6) is 0 Å². The lowest BCUT2D eigenvalue weighted by atomic mass is 10.1. The molecule has 28 heavy (non-hydrogen) atoms. The van der Waals surface area contributed by atoms with Crippen LogP contribution < -0.4 is 5.32 Å². The lowest BCUT2D eigenvalue weighted by Crippen LogP contribution is -2.35. The average molecular weight is 397 g/mol. The predicted molar refractivity (Wildman–Crippen MR) is 99.9 cm³/mol. The van der Waals surface area contributed by atoms with Crippen LogP contribution >= 0.6 is 11.6 Å². The summed E-state index contributed by atoms with van der Waals surface area (Å²) in [5.74, 6) is -1.14. The van der Waals surface area contributed by atoms with Crippen molar-refractivity contribution >= 4 is 35.5 Å². The van der Waals surface area contributed by atoms with Crippen LogP contribution in [0, 0.1) is 11.3 Å². The molecule has 0 fully saturated rings. The van der Waals surface area contributed by atoms with E-state index in [1.165, 1.54) is 12.2 Å². The van der Waals surface area contributed by atoms with E-state index in [0.717, 1.165) is 0 Å². The third kappa shape index (κ3) is 3.87. The van der Waals surface area contributed by atoms with Gasteiger partial charge in [0.1, 0.15) is 23.2 Å². The normalized spacial score (nSPS) is 15.0. The number of amides is 2. The third-order valence-electron chi connectivity index (χ3n) is 3.82. The van der Waals surface area contributed by atoms with E-state index >= 15 is 0 Å². The standard InChI is InChI=1S/C20H13ClN2O5/c1-2-27-20(26)15-9-11(3-5-16(15)21)17-6-4-14(28-17)8-12-7-13(10-22)19(25)23-18(12)24/h3-9H,2H2,1H3,(H,23,24,25).